The van der Waals surface area contributed by atoms with Crippen LogP contribution in [-0.4, -0.2) is 74.3 Å². The summed E-state index contributed by atoms with van der Waals surface area (Å²) in [5.41, 5.74) is 5.41. The minimum absolute atomic E-state index is 0.0267. The van der Waals surface area contributed by atoms with Gasteiger partial charge >= 0.3 is 17.9 Å². The molecule has 5 aromatic carbocycles. The van der Waals surface area contributed by atoms with Gasteiger partial charge in [0.1, 0.15) is 36.2 Å². The minimum Gasteiger partial charge on any atom is -0.494 e. The second-order valence-electron chi connectivity index (χ2n) is 16.9. The molecule has 2 aliphatic rings. The van der Waals surface area contributed by atoms with Crippen LogP contribution in [0.25, 0.3) is 21.3 Å². The van der Waals surface area contributed by atoms with Gasteiger partial charge in [0.05, 0.1) is 41.8 Å². The molecule has 2 fully saturated rings. The lowest BCUT2D eigenvalue weighted by molar-refractivity contribution is -0.138. The van der Waals surface area contributed by atoms with Gasteiger partial charge in [-0.05, 0) is 115 Å². The molecular weight excluding hydrogens is 895 g/mol. The molecule has 1 aliphatic carbocycles. The Kier molecular flexibility index (Phi) is 16.6. The number of para-hydroxylation sites is 1. The zero-order valence-electron chi connectivity index (χ0n) is 38.6. The Morgan fingerprint density at radius 3 is 2.32 bits per heavy atom. The number of nitrogens with zero attached hydrogens (tertiary/aromatic N) is 3. The Hall–Kier alpha value is -7.13. The van der Waals surface area contributed by atoms with Crippen molar-refractivity contribution in [2.45, 2.75) is 64.3 Å². The number of fused-ring (bicyclic) bond motifs is 2. The first kappa shape index (κ1) is 48.3. The van der Waals surface area contributed by atoms with E-state index in [2.05, 4.69) is 13.2 Å². The van der Waals surface area contributed by atoms with Crippen LogP contribution in [0.1, 0.15) is 55.7 Å². The summed E-state index contributed by atoms with van der Waals surface area (Å²) in [4.78, 5) is 42.0. The van der Waals surface area contributed by atoms with Gasteiger partial charge in [-0.3, -0.25) is 4.79 Å². The number of hydrogen-bond donors (Lipinski definition) is 0. The molecule has 69 heavy (non-hydrogen) atoms. The summed E-state index contributed by atoms with van der Waals surface area (Å²) in [6.07, 6.45) is 8.54. The largest absolute Gasteiger partial charge is 0.494 e. The second kappa shape index (κ2) is 23.7. The van der Waals surface area contributed by atoms with Crippen molar-refractivity contribution in [2.75, 3.05) is 38.0 Å². The average molecular weight is 950 g/mol. The van der Waals surface area contributed by atoms with Gasteiger partial charge in [-0.25, -0.2) is 19.6 Å². The van der Waals surface area contributed by atoms with Gasteiger partial charge in [0.2, 0.25) is 5.13 Å². The topological polar surface area (TPSA) is 148 Å². The van der Waals surface area contributed by atoms with E-state index < -0.39 is 17.9 Å². The molecule has 3 atom stereocenters. The molecule has 0 amide bonds. The number of hydrazone groups is 1. The van der Waals surface area contributed by atoms with Crippen LogP contribution in [0.15, 0.2) is 145 Å². The van der Waals surface area contributed by atoms with Crippen LogP contribution in [0.5, 0.6) is 23.0 Å². The van der Waals surface area contributed by atoms with E-state index in [1.807, 2.05) is 84.9 Å². The monoisotopic (exact) mass is 949 g/mol. The molecule has 3 unspecified atom stereocenters. The first-order chi connectivity index (χ1) is 33.6. The third-order valence-electron chi connectivity index (χ3n) is 11.6. The maximum Gasteiger partial charge on any atom is 0.335 e. The fourth-order valence-electron chi connectivity index (χ4n) is 7.71. The average Bonchev–Trinajstić information content (AvgIpc) is 4.02. The predicted molar refractivity (Wildman–Crippen MR) is 266 cm³/mol. The van der Waals surface area contributed by atoms with E-state index in [-0.39, 0.29) is 26.2 Å². The zero-order chi connectivity index (χ0) is 48.0. The van der Waals surface area contributed by atoms with E-state index in [0.29, 0.717) is 71.3 Å². The van der Waals surface area contributed by atoms with Crippen molar-refractivity contribution in [3.8, 4) is 34.1 Å². The van der Waals surface area contributed by atoms with Gasteiger partial charge in [-0.1, -0.05) is 85.2 Å². The molecule has 14 heteroatoms. The Labute approximate surface area is 405 Å². The number of rotatable bonds is 24. The highest BCUT2D eigenvalue weighted by molar-refractivity contribution is 7.22. The molecule has 6 aromatic rings. The van der Waals surface area contributed by atoms with Gasteiger partial charge in [0.25, 0.3) is 0 Å². The third kappa shape index (κ3) is 14.2. The van der Waals surface area contributed by atoms with E-state index in [0.717, 1.165) is 70.2 Å². The standard InChI is InChI=1S/C55H55N3O10S/c1-4-52(59)66-45-22-18-42(19-23-45)41-16-10-39(11-17-41)36-65-46-24-26-48(43(33-46)34-56-58(28-31-64-54(61)37(2)3)55-57-47-8-5-6-9-51(47)69-55)68-53(60)27-15-38-12-20-44(21-13-38)63-30-7-29-62-35-40-14-25-49-50(32-40)67-49/h4-6,8-13,16-24,26,33-34,40,49-50H,1-2,7,14-15,25,27-32,35-36H2,3H3/b56-34+. The van der Waals surface area contributed by atoms with Crippen LogP contribution >= 0.6 is 11.3 Å². The third-order valence-corrected chi connectivity index (χ3v) is 12.6. The molecule has 0 bridgehead atoms. The Morgan fingerprint density at radius 1 is 0.826 bits per heavy atom. The number of aryl methyl sites for hydroxylation is 1. The van der Waals surface area contributed by atoms with Crippen LogP contribution in [0, 0.1) is 5.92 Å². The lowest BCUT2D eigenvalue weighted by atomic mass is 9.90. The number of anilines is 1. The van der Waals surface area contributed by atoms with Crippen molar-refractivity contribution in [1.82, 2.24) is 4.98 Å². The molecule has 1 saturated carbocycles. The van der Waals surface area contributed by atoms with Crippen LogP contribution in [0.2, 0.25) is 0 Å². The fraction of sp³-hybridized carbons (Fsp3) is 0.291. The maximum absolute atomic E-state index is 13.4. The number of hydrogen-bond acceptors (Lipinski definition) is 14. The lowest BCUT2D eigenvalue weighted by Gasteiger charge is -2.18. The highest BCUT2D eigenvalue weighted by Gasteiger charge is 2.43. The van der Waals surface area contributed by atoms with Crippen molar-refractivity contribution in [2.24, 2.45) is 11.0 Å². The van der Waals surface area contributed by atoms with E-state index in [9.17, 15) is 14.4 Å². The highest BCUT2D eigenvalue weighted by Crippen LogP contribution is 2.39. The molecular formula is C55H55N3O10S. The summed E-state index contributed by atoms with van der Waals surface area (Å²) in [5, 5.41) is 7.03. The predicted octanol–water partition coefficient (Wildman–Crippen LogP) is 10.5. The Balaban J connectivity index is 0.904. The van der Waals surface area contributed by atoms with E-state index in [4.69, 9.17) is 43.2 Å². The quantitative estimate of drug-likeness (QED) is 0.0108. The van der Waals surface area contributed by atoms with Crippen molar-refractivity contribution in [1.29, 1.82) is 0 Å². The van der Waals surface area contributed by atoms with Crippen molar-refractivity contribution in [3.63, 3.8) is 0 Å². The number of carbonyl (C=O) groups is 3. The summed E-state index contributed by atoms with van der Waals surface area (Å²) >= 11 is 1.45. The number of benzene rings is 5. The molecule has 2 heterocycles. The molecule has 0 radical (unpaired) electrons. The van der Waals surface area contributed by atoms with E-state index in [1.165, 1.54) is 17.8 Å². The van der Waals surface area contributed by atoms with Gasteiger partial charge in [-0.15, -0.1) is 0 Å². The first-order valence-corrected chi connectivity index (χ1v) is 23.9. The number of esters is 3. The number of ether oxygens (including phenoxy) is 7. The van der Waals surface area contributed by atoms with Crippen LogP contribution < -0.4 is 24.0 Å². The van der Waals surface area contributed by atoms with Gasteiger partial charge in [0, 0.05) is 43.3 Å². The van der Waals surface area contributed by atoms with Crippen LogP contribution in [0.4, 0.5) is 5.13 Å². The maximum atomic E-state index is 13.4. The Bertz CT molecular complexity index is 2720. The Morgan fingerprint density at radius 2 is 1.57 bits per heavy atom. The molecule has 0 N–H and O–H groups in total. The number of carbonyl (C=O) groups excluding carboxylic acids is 3. The summed E-state index contributed by atoms with van der Waals surface area (Å²) < 4.78 is 41.3. The number of aromatic nitrogens is 1. The molecule has 1 saturated heterocycles. The van der Waals surface area contributed by atoms with E-state index in [1.54, 1.807) is 48.5 Å². The second-order valence-corrected chi connectivity index (χ2v) is 17.9. The summed E-state index contributed by atoms with van der Waals surface area (Å²) in [5.74, 6) is 1.17. The molecule has 1 aliphatic heterocycles. The normalized spacial score (nSPS) is 16.0. The minimum atomic E-state index is -0.517. The molecule has 0 spiro atoms. The summed E-state index contributed by atoms with van der Waals surface area (Å²) in [6.45, 7) is 11.2. The smallest absolute Gasteiger partial charge is 0.335 e. The SMILES string of the molecule is C=CC(=O)Oc1ccc(-c2ccc(COc3ccc(OC(=O)CCc4ccc(OCCCOCC5CCC6OC6C5)cc4)c(/C=N/N(CCOC(=O)C(=C)C)c4nc5ccccc5s4)c3)cc2)cc1. The highest BCUT2D eigenvalue weighted by atomic mass is 32.1. The van der Waals surface area contributed by atoms with E-state index >= 15 is 0 Å². The van der Waals surface area contributed by atoms with Crippen molar-refractivity contribution in [3.05, 3.63) is 157 Å². The lowest BCUT2D eigenvalue weighted by Crippen LogP contribution is -2.23. The van der Waals surface area contributed by atoms with Gasteiger partial charge in [0.15, 0.2) is 0 Å². The zero-order valence-corrected chi connectivity index (χ0v) is 39.4. The molecule has 356 valence electrons. The molecule has 1 aromatic heterocycles. The number of epoxide rings is 1. The van der Waals surface area contributed by atoms with Gasteiger partial charge < -0.3 is 33.2 Å². The first-order valence-electron chi connectivity index (χ1n) is 23.1. The molecule has 8 rings (SSSR count). The summed E-state index contributed by atoms with van der Waals surface area (Å²) in [6, 6.07) is 35.9. The van der Waals surface area contributed by atoms with Crippen LogP contribution in [-0.2, 0) is 41.6 Å². The summed E-state index contributed by atoms with van der Waals surface area (Å²) in [7, 11) is 0. The fourth-order valence-corrected chi connectivity index (χ4v) is 8.66. The van der Waals surface area contributed by atoms with Crippen molar-refractivity contribution >= 4 is 50.8 Å². The number of thiazole rings is 1. The van der Waals surface area contributed by atoms with Crippen molar-refractivity contribution < 1.29 is 47.5 Å². The van der Waals surface area contributed by atoms with Gasteiger partial charge in [-0.2, -0.15) is 5.10 Å². The van der Waals surface area contributed by atoms with Crippen LogP contribution in [0.3, 0.4) is 0 Å². The molecule has 13 nitrogen and oxygen atoms in total.